The lowest BCUT2D eigenvalue weighted by Crippen LogP contribution is -2.21. The van der Waals surface area contributed by atoms with Gasteiger partial charge in [-0.3, -0.25) is 0 Å². The van der Waals surface area contributed by atoms with E-state index in [1.54, 1.807) is 0 Å². The molecule has 1 fully saturated rings. The Morgan fingerprint density at radius 2 is 2.31 bits per heavy atom. The van der Waals surface area contributed by atoms with Gasteiger partial charge in [0.05, 0.1) is 0 Å². The first-order valence-electron chi connectivity index (χ1n) is 5.07. The van der Waals surface area contributed by atoms with Gasteiger partial charge in [-0.15, -0.1) is 11.3 Å². The van der Waals surface area contributed by atoms with E-state index in [2.05, 4.69) is 18.4 Å². The van der Waals surface area contributed by atoms with Crippen molar-refractivity contribution in [3.63, 3.8) is 0 Å². The lowest BCUT2D eigenvalue weighted by atomic mass is 10.1. The highest BCUT2D eigenvalue weighted by Crippen LogP contribution is 2.36. The zero-order valence-electron chi connectivity index (χ0n) is 8.18. The van der Waals surface area contributed by atoms with Gasteiger partial charge < -0.3 is 5.73 Å². The van der Waals surface area contributed by atoms with E-state index in [0.717, 1.165) is 0 Å². The highest BCUT2D eigenvalue weighted by Gasteiger charge is 2.37. The maximum Gasteiger partial charge on any atom is 0.0158 e. The van der Waals surface area contributed by atoms with Crippen molar-refractivity contribution in [3.8, 4) is 0 Å². The van der Waals surface area contributed by atoms with Crippen molar-refractivity contribution in [2.45, 2.75) is 44.6 Å². The highest BCUT2D eigenvalue weighted by atomic mass is 32.1. The van der Waals surface area contributed by atoms with E-state index in [1.165, 1.54) is 42.5 Å². The third-order valence-electron chi connectivity index (χ3n) is 2.86. The molecule has 1 aromatic heterocycles. The number of nitrogens with two attached hydrogens (primary N) is 1. The predicted octanol–water partition coefficient (Wildman–Crippen LogP) is 2.73. The largest absolute Gasteiger partial charge is 0.325 e. The van der Waals surface area contributed by atoms with E-state index in [0.29, 0.717) is 0 Å². The number of aryl methyl sites for hydroxylation is 2. The molecule has 0 saturated heterocycles. The van der Waals surface area contributed by atoms with Crippen LogP contribution in [0.2, 0.25) is 0 Å². The maximum atomic E-state index is 6.04. The lowest BCUT2D eigenvalue weighted by Gasteiger charge is -2.05. The van der Waals surface area contributed by atoms with Gasteiger partial charge in [-0.25, -0.2) is 0 Å². The van der Waals surface area contributed by atoms with Crippen LogP contribution >= 0.6 is 11.3 Å². The topological polar surface area (TPSA) is 26.0 Å². The van der Waals surface area contributed by atoms with Crippen LogP contribution in [0.15, 0.2) is 11.4 Å². The molecule has 2 N–H and O–H groups in total. The van der Waals surface area contributed by atoms with Gasteiger partial charge in [0.2, 0.25) is 0 Å². The minimum Gasteiger partial charge on any atom is -0.325 e. The second kappa shape index (κ2) is 3.43. The summed E-state index contributed by atoms with van der Waals surface area (Å²) in [7, 11) is 0. The van der Waals surface area contributed by atoms with Gasteiger partial charge in [-0.2, -0.15) is 0 Å². The predicted molar refractivity (Wildman–Crippen MR) is 58.2 cm³/mol. The summed E-state index contributed by atoms with van der Waals surface area (Å²) in [5, 5.41) is 2.28. The monoisotopic (exact) mass is 195 g/mol. The summed E-state index contributed by atoms with van der Waals surface area (Å²) in [6.07, 6.45) is 5.98. The number of thiophene rings is 1. The van der Waals surface area contributed by atoms with Crippen molar-refractivity contribution in [1.82, 2.24) is 0 Å². The first kappa shape index (κ1) is 9.22. The SMILES string of the molecule is CCc1cc(CCC2(N)CC2)cs1. The van der Waals surface area contributed by atoms with Gasteiger partial charge in [0, 0.05) is 10.4 Å². The van der Waals surface area contributed by atoms with E-state index in [1.807, 2.05) is 11.3 Å². The van der Waals surface area contributed by atoms with Gasteiger partial charge in [0.15, 0.2) is 0 Å². The second-order valence-corrected chi connectivity index (χ2v) is 5.13. The van der Waals surface area contributed by atoms with Crippen LogP contribution in [-0.2, 0) is 12.8 Å². The van der Waals surface area contributed by atoms with Gasteiger partial charge in [-0.05, 0) is 49.1 Å². The van der Waals surface area contributed by atoms with Crippen molar-refractivity contribution in [1.29, 1.82) is 0 Å². The first-order valence-corrected chi connectivity index (χ1v) is 5.95. The average molecular weight is 195 g/mol. The van der Waals surface area contributed by atoms with Crippen LogP contribution in [0.5, 0.6) is 0 Å². The zero-order chi connectivity index (χ0) is 9.31. The normalized spacial score (nSPS) is 18.9. The van der Waals surface area contributed by atoms with Crippen LogP contribution in [0, 0.1) is 0 Å². The lowest BCUT2D eigenvalue weighted by molar-refractivity contribution is 0.610. The molecule has 1 nitrogen and oxygen atoms in total. The average Bonchev–Trinajstić information content (AvgIpc) is 2.69. The summed E-state index contributed by atoms with van der Waals surface area (Å²) in [5.41, 5.74) is 7.74. The van der Waals surface area contributed by atoms with Crippen LogP contribution in [-0.4, -0.2) is 5.54 Å². The summed E-state index contributed by atoms with van der Waals surface area (Å²) < 4.78 is 0. The van der Waals surface area contributed by atoms with E-state index in [9.17, 15) is 0 Å². The van der Waals surface area contributed by atoms with Crippen molar-refractivity contribution < 1.29 is 0 Å². The van der Waals surface area contributed by atoms with E-state index in [4.69, 9.17) is 5.73 Å². The van der Waals surface area contributed by atoms with E-state index >= 15 is 0 Å². The molecule has 0 unspecified atom stereocenters. The van der Waals surface area contributed by atoms with Gasteiger partial charge in [0.25, 0.3) is 0 Å². The van der Waals surface area contributed by atoms with Gasteiger partial charge in [-0.1, -0.05) is 6.92 Å². The fraction of sp³-hybridized carbons (Fsp3) is 0.636. The molecular weight excluding hydrogens is 178 g/mol. The first-order chi connectivity index (χ1) is 6.22. The molecule has 1 aliphatic carbocycles. The molecule has 0 radical (unpaired) electrons. The number of hydrogen-bond acceptors (Lipinski definition) is 2. The minimum absolute atomic E-state index is 0.217. The van der Waals surface area contributed by atoms with Crippen molar-refractivity contribution in [3.05, 3.63) is 21.9 Å². The molecule has 13 heavy (non-hydrogen) atoms. The molecule has 1 heterocycles. The Labute approximate surface area is 84.0 Å². The Kier molecular flexibility index (Phi) is 2.43. The molecule has 2 heteroatoms. The third kappa shape index (κ3) is 2.32. The molecule has 0 aromatic carbocycles. The Hall–Kier alpha value is -0.340. The Morgan fingerprint density at radius 3 is 2.85 bits per heavy atom. The molecule has 1 saturated carbocycles. The summed E-state index contributed by atoms with van der Waals surface area (Å²) in [4.78, 5) is 1.50. The molecule has 0 atom stereocenters. The summed E-state index contributed by atoms with van der Waals surface area (Å²) in [5.74, 6) is 0. The van der Waals surface area contributed by atoms with E-state index < -0.39 is 0 Å². The standard InChI is InChI=1S/C11H17NS/c1-2-10-7-9(8-13-10)3-4-11(12)5-6-11/h7-8H,2-6,12H2,1H3. The molecule has 1 aliphatic rings. The van der Waals surface area contributed by atoms with Crippen molar-refractivity contribution >= 4 is 11.3 Å². The minimum atomic E-state index is 0.217. The summed E-state index contributed by atoms with van der Waals surface area (Å²) in [6.45, 7) is 2.21. The third-order valence-corrected chi connectivity index (χ3v) is 3.99. The molecular formula is C11H17NS. The molecule has 0 bridgehead atoms. The molecule has 72 valence electrons. The summed E-state index contributed by atoms with van der Waals surface area (Å²) >= 11 is 1.88. The molecule has 1 aromatic rings. The highest BCUT2D eigenvalue weighted by molar-refractivity contribution is 7.10. The zero-order valence-corrected chi connectivity index (χ0v) is 8.99. The van der Waals surface area contributed by atoms with Crippen LogP contribution in [0.25, 0.3) is 0 Å². The smallest absolute Gasteiger partial charge is 0.0158 e. The fourth-order valence-corrected chi connectivity index (χ4v) is 2.42. The van der Waals surface area contributed by atoms with Gasteiger partial charge >= 0.3 is 0 Å². The van der Waals surface area contributed by atoms with Gasteiger partial charge in [0.1, 0.15) is 0 Å². The van der Waals surface area contributed by atoms with E-state index in [-0.39, 0.29) is 5.54 Å². The molecule has 0 amide bonds. The van der Waals surface area contributed by atoms with Crippen molar-refractivity contribution in [2.75, 3.05) is 0 Å². The molecule has 0 spiro atoms. The fourth-order valence-electron chi connectivity index (χ4n) is 1.55. The molecule has 0 aliphatic heterocycles. The number of rotatable bonds is 4. The Balaban J connectivity index is 1.87. The van der Waals surface area contributed by atoms with Crippen molar-refractivity contribution in [2.24, 2.45) is 5.73 Å². The summed E-state index contributed by atoms with van der Waals surface area (Å²) in [6, 6.07) is 2.33. The Bertz CT molecular complexity index is 286. The number of hydrogen-bond donors (Lipinski definition) is 1. The van der Waals surface area contributed by atoms with Crippen LogP contribution in [0.3, 0.4) is 0 Å². The molecule has 2 rings (SSSR count). The van der Waals surface area contributed by atoms with Crippen LogP contribution < -0.4 is 5.73 Å². The van der Waals surface area contributed by atoms with Crippen LogP contribution in [0.4, 0.5) is 0 Å². The maximum absolute atomic E-state index is 6.04. The quantitative estimate of drug-likeness (QED) is 0.785. The Morgan fingerprint density at radius 1 is 1.54 bits per heavy atom. The second-order valence-electron chi connectivity index (χ2n) is 4.14. The van der Waals surface area contributed by atoms with Crippen LogP contribution in [0.1, 0.15) is 36.6 Å².